The number of nitrogens with zero attached hydrogens (tertiary/aromatic N) is 1. The van der Waals surface area contributed by atoms with Gasteiger partial charge in [-0.3, -0.25) is 9.52 Å². The number of carbonyl (C=O) groups is 1. The summed E-state index contributed by atoms with van der Waals surface area (Å²) in [5.74, 6) is -0.211. The van der Waals surface area contributed by atoms with Gasteiger partial charge in [0.25, 0.3) is 0 Å². The molecule has 2 aliphatic rings. The van der Waals surface area contributed by atoms with E-state index in [2.05, 4.69) is 6.58 Å². The Labute approximate surface area is 168 Å². The van der Waals surface area contributed by atoms with Crippen molar-refractivity contribution in [2.45, 2.75) is 44.2 Å². The molecule has 0 radical (unpaired) electrons. The maximum atomic E-state index is 12.8. The van der Waals surface area contributed by atoms with Crippen LogP contribution in [0.15, 0.2) is 36.4 Å². The van der Waals surface area contributed by atoms with Gasteiger partial charge in [0.2, 0.25) is 5.91 Å². The number of hydrogen-bond acceptors (Lipinski definition) is 4. The van der Waals surface area contributed by atoms with E-state index in [-0.39, 0.29) is 23.6 Å². The highest BCUT2D eigenvalue weighted by molar-refractivity contribution is 7.93. The number of carbonyl (C=O) groups excluding carboxylic acids is 1. The fraction of sp³-hybridized carbons (Fsp3) is 0.526. The minimum atomic E-state index is -5.53. The van der Waals surface area contributed by atoms with Crippen LogP contribution in [-0.4, -0.2) is 43.5 Å². The third-order valence-electron chi connectivity index (χ3n) is 5.53. The molecule has 1 amide bonds. The Kier molecular flexibility index (Phi) is 7.00. The lowest BCUT2D eigenvalue weighted by molar-refractivity contribution is -0.131. The summed E-state index contributed by atoms with van der Waals surface area (Å²) in [5, 5.41) is 7.00. The lowest BCUT2D eigenvalue weighted by Crippen LogP contribution is -2.44. The first-order valence-electron chi connectivity index (χ1n) is 9.16. The summed E-state index contributed by atoms with van der Waals surface area (Å²) in [6, 6.07) is 5.77. The number of aliphatic hydroxyl groups excluding tert-OH is 1. The van der Waals surface area contributed by atoms with Gasteiger partial charge >= 0.3 is 15.5 Å². The van der Waals surface area contributed by atoms with Crippen LogP contribution in [0, 0.1) is 5.41 Å². The van der Waals surface area contributed by atoms with Gasteiger partial charge < -0.3 is 10.0 Å². The normalized spacial score (nSPS) is 19.1. The molecule has 162 valence electrons. The van der Waals surface area contributed by atoms with Gasteiger partial charge in [0, 0.05) is 31.2 Å². The second-order valence-corrected chi connectivity index (χ2v) is 8.82. The average molecular weight is 434 g/mol. The van der Waals surface area contributed by atoms with Crippen LogP contribution in [-0.2, 0) is 21.4 Å². The molecule has 1 aromatic rings. The zero-order valence-electron chi connectivity index (χ0n) is 16.1. The minimum Gasteiger partial charge on any atom is -0.400 e. The van der Waals surface area contributed by atoms with Crippen molar-refractivity contribution in [2.24, 2.45) is 5.41 Å². The van der Waals surface area contributed by atoms with Gasteiger partial charge in [-0.1, -0.05) is 37.6 Å². The number of likely N-dealkylation sites (tertiary alicyclic amines) is 1. The van der Waals surface area contributed by atoms with E-state index in [4.69, 9.17) is 5.11 Å². The molecule has 2 N–H and O–H groups in total. The Hall–Kier alpha value is -2.07. The SMILES string of the molecule is C=C1C(=O)N(Cc2ccccc2NS(=O)(=O)C(F)(F)F)CCC12CCCC2.CO. The smallest absolute Gasteiger partial charge is 0.400 e. The molecule has 1 heterocycles. The maximum Gasteiger partial charge on any atom is 0.516 e. The lowest BCUT2D eigenvalue weighted by Gasteiger charge is -2.40. The van der Waals surface area contributed by atoms with Crippen molar-refractivity contribution in [3.63, 3.8) is 0 Å². The highest BCUT2D eigenvalue weighted by Gasteiger charge is 2.47. The number of sulfonamides is 1. The summed E-state index contributed by atoms with van der Waals surface area (Å²) >= 11 is 0. The number of benzene rings is 1. The number of alkyl halides is 3. The molecule has 0 bridgehead atoms. The van der Waals surface area contributed by atoms with Crippen LogP contribution < -0.4 is 4.72 Å². The number of rotatable bonds is 4. The van der Waals surface area contributed by atoms with E-state index >= 15 is 0 Å². The van der Waals surface area contributed by atoms with Crippen molar-refractivity contribution in [1.82, 2.24) is 4.90 Å². The third-order valence-corrected chi connectivity index (χ3v) is 6.63. The Morgan fingerprint density at radius 3 is 2.34 bits per heavy atom. The summed E-state index contributed by atoms with van der Waals surface area (Å²) in [4.78, 5) is 14.3. The molecule has 29 heavy (non-hydrogen) atoms. The van der Waals surface area contributed by atoms with Crippen LogP contribution in [0.2, 0.25) is 0 Å². The van der Waals surface area contributed by atoms with Crippen LogP contribution in [0.4, 0.5) is 18.9 Å². The van der Waals surface area contributed by atoms with Gasteiger partial charge in [-0.05, 0) is 30.9 Å². The fourth-order valence-corrected chi connectivity index (χ4v) is 4.54. The molecular formula is C19H25F3N2O4S. The van der Waals surface area contributed by atoms with Gasteiger partial charge in [-0.15, -0.1) is 0 Å². The van der Waals surface area contributed by atoms with E-state index in [9.17, 15) is 26.4 Å². The summed E-state index contributed by atoms with van der Waals surface area (Å²) < 4.78 is 62.4. The first kappa shape index (κ1) is 23.2. The molecule has 10 heteroatoms. The number of halogens is 3. The predicted octanol–water partition coefficient (Wildman–Crippen LogP) is 3.41. The van der Waals surface area contributed by atoms with E-state index in [1.165, 1.54) is 23.1 Å². The first-order chi connectivity index (χ1) is 13.6. The van der Waals surface area contributed by atoms with Crippen LogP contribution in [0.25, 0.3) is 0 Å². The molecular weight excluding hydrogens is 409 g/mol. The van der Waals surface area contributed by atoms with Gasteiger partial charge in [-0.2, -0.15) is 21.6 Å². The van der Waals surface area contributed by atoms with Gasteiger partial charge in [0.15, 0.2) is 0 Å². The van der Waals surface area contributed by atoms with Crippen LogP contribution in [0.5, 0.6) is 0 Å². The molecule has 1 saturated carbocycles. The largest absolute Gasteiger partial charge is 0.516 e. The molecule has 1 aliphatic heterocycles. The number of hydrogen-bond donors (Lipinski definition) is 2. The number of amides is 1. The molecule has 0 aromatic heterocycles. The molecule has 0 atom stereocenters. The number of anilines is 1. The van der Waals surface area contributed by atoms with Crippen LogP contribution in [0.1, 0.15) is 37.7 Å². The number of aliphatic hydroxyl groups is 1. The van der Waals surface area contributed by atoms with E-state index in [0.717, 1.165) is 39.2 Å². The van der Waals surface area contributed by atoms with Gasteiger partial charge in [0.05, 0.1) is 5.69 Å². The molecule has 6 nitrogen and oxygen atoms in total. The Morgan fingerprint density at radius 1 is 1.17 bits per heavy atom. The Bertz CT molecular complexity index is 862. The molecule has 1 aliphatic carbocycles. The van der Waals surface area contributed by atoms with Crippen molar-refractivity contribution in [2.75, 3.05) is 18.4 Å². The second-order valence-electron chi connectivity index (χ2n) is 7.15. The molecule has 0 unspecified atom stereocenters. The Balaban J connectivity index is 0.00000145. The van der Waals surface area contributed by atoms with E-state index < -0.39 is 15.5 Å². The summed E-state index contributed by atoms with van der Waals surface area (Å²) in [7, 11) is -4.53. The van der Waals surface area contributed by atoms with E-state index in [1.807, 2.05) is 0 Å². The number of para-hydroxylation sites is 1. The van der Waals surface area contributed by atoms with Crippen molar-refractivity contribution < 1.29 is 31.5 Å². The Morgan fingerprint density at radius 2 is 1.76 bits per heavy atom. The summed E-state index contributed by atoms with van der Waals surface area (Å²) in [6.45, 7) is 4.47. The van der Waals surface area contributed by atoms with Gasteiger partial charge in [-0.25, -0.2) is 0 Å². The molecule has 1 aromatic carbocycles. The standard InChI is InChI=1S/C18H21F3N2O3S.CH4O/c1-13-16(24)23(11-10-17(13)8-4-5-9-17)12-14-6-2-3-7-15(14)22-27(25,26)18(19,20)21;1-2/h2-3,6-7,22H,1,4-5,8-12H2;2H,1H3. The average Bonchev–Trinajstić information content (AvgIpc) is 3.14. The topological polar surface area (TPSA) is 86.7 Å². The predicted molar refractivity (Wildman–Crippen MR) is 103 cm³/mol. The molecule has 2 fully saturated rings. The highest BCUT2D eigenvalue weighted by Crippen LogP contribution is 2.49. The maximum absolute atomic E-state index is 12.8. The van der Waals surface area contributed by atoms with Crippen molar-refractivity contribution in [3.8, 4) is 0 Å². The first-order valence-corrected chi connectivity index (χ1v) is 10.6. The summed E-state index contributed by atoms with van der Waals surface area (Å²) in [6.07, 6.45) is 4.78. The van der Waals surface area contributed by atoms with Crippen LogP contribution >= 0.6 is 0 Å². The van der Waals surface area contributed by atoms with E-state index in [0.29, 0.717) is 17.7 Å². The minimum absolute atomic E-state index is 0.0183. The summed E-state index contributed by atoms with van der Waals surface area (Å²) in [5.41, 5.74) is -4.89. The fourth-order valence-electron chi connectivity index (χ4n) is 3.94. The molecule has 3 rings (SSSR count). The van der Waals surface area contributed by atoms with Crippen molar-refractivity contribution >= 4 is 21.6 Å². The zero-order valence-corrected chi connectivity index (χ0v) is 16.9. The third kappa shape index (κ3) is 4.75. The molecule has 1 spiro atoms. The molecule has 1 saturated heterocycles. The lowest BCUT2D eigenvalue weighted by atomic mass is 9.73. The number of nitrogens with one attached hydrogen (secondary N) is 1. The van der Waals surface area contributed by atoms with Crippen LogP contribution in [0.3, 0.4) is 0 Å². The highest BCUT2D eigenvalue weighted by atomic mass is 32.2. The monoisotopic (exact) mass is 434 g/mol. The second kappa shape index (κ2) is 8.74. The van der Waals surface area contributed by atoms with Crippen molar-refractivity contribution in [3.05, 3.63) is 42.0 Å². The van der Waals surface area contributed by atoms with E-state index in [1.54, 1.807) is 10.8 Å². The number of piperidine rings is 1. The quantitative estimate of drug-likeness (QED) is 0.711. The zero-order chi connectivity index (χ0) is 21.9. The van der Waals surface area contributed by atoms with Gasteiger partial charge in [0.1, 0.15) is 0 Å². The van der Waals surface area contributed by atoms with Crippen molar-refractivity contribution in [1.29, 1.82) is 0 Å².